The topological polar surface area (TPSA) is 71.1 Å². The fourth-order valence-corrected chi connectivity index (χ4v) is 3.08. The summed E-state index contributed by atoms with van der Waals surface area (Å²) in [4.78, 5) is 27.4. The van der Waals surface area contributed by atoms with E-state index in [9.17, 15) is 9.59 Å². The third-order valence-electron chi connectivity index (χ3n) is 3.45. The van der Waals surface area contributed by atoms with Crippen LogP contribution in [0.3, 0.4) is 0 Å². The highest BCUT2D eigenvalue weighted by molar-refractivity contribution is 7.13. The highest BCUT2D eigenvalue weighted by Crippen LogP contribution is 2.25. The minimum absolute atomic E-state index is 0.0176. The van der Waals surface area contributed by atoms with E-state index in [0.717, 1.165) is 47.8 Å². The Kier molecular flexibility index (Phi) is 6.93. The van der Waals surface area contributed by atoms with Gasteiger partial charge in [-0.25, -0.2) is 4.98 Å². The average molecular weight is 345 g/mol. The summed E-state index contributed by atoms with van der Waals surface area (Å²) >= 11 is 1.52. The first kappa shape index (κ1) is 18.1. The van der Waals surface area contributed by atoms with Crippen LogP contribution >= 0.6 is 11.3 Å². The van der Waals surface area contributed by atoms with Gasteiger partial charge in [0.15, 0.2) is 0 Å². The van der Waals surface area contributed by atoms with Crippen LogP contribution in [0.4, 0.5) is 5.69 Å². The molecule has 0 fully saturated rings. The lowest BCUT2D eigenvalue weighted by atomic mass is 10.2. The minimum atomic E-state index is -0.0933. The maximum absolute atomic E-state index is 11.9. The van der Waals surface area contributed by atoms with E-state index in [4.69, 9.17) is 0 Å². The third kappa shape index (κ3) is 5.77. The molecule has 6 heteroatoms. The number of benzene rings is 1. The van der Waals surface area contributed by atoms with Crippen LogP contribution < -0.4 is 10.6 Å². The lowest BCUT2D eigenvalue weighted by Crippen LogP contribution is -2.26. The molecule has 2 N–H and O–H groups in total. The fraction of sp³-hybridized carbons (Fsp3) is 0.389. The van der Waals surface area contributed by atoms with E-state index in [1.54, 1.807) is 0 Å². The summed E-state index contributed by atoms with van der Waals surface area (Å²) in [5, 5.41) is 8.45. The van der Waals surface area contributed by atoms with Crippen molar-refractivity contribution in [2.75, 3.05) is 11.9 Å². The van der Waals surface area contributed by atoms with Gasteiger partial charge in [0.1, 0.15) is 5.01 Å². The molecule has 0 unspecified atom stereocenters. The molecule has 0 radical (unpaired) electrons. The Labute approximate surface area is 146 Å². The molecule has 0 spiro atoms. The Balaban J connectivity index is 1.90. The molecule has 0 atom stereocenters. The Bertz CT molecular complexity index is 680. The summed E-state index contributed by atoms with van der Waals surface area (Å²) < 4.78 is 0. The maximum atomic E-state index is 11.9. The summed E-state index contributed by atoms with van der Waals surface area (Å²) in [5.74, 6) is -0.0757. The van der Waals surface area contributed by atoms with Crippen LogP contribution in [0.5, 0.6) is 0 Å². The molecule has 2 aromatic rings. The van der Waals surface area contributed by atoms with Crippen LogP contribution in [0.15, 0.2) is 29.6 Å². The second-order valence-corrected chi connectivity index (χ2v) is 6.49. The van der Waals surface area contributed by atoms with E-state index in [0.29, 0.717) is 6.42 Å². The zero-order valence-corrected chi connectivity index (χ0v) is 14.9. The molecule has 1 aromatic carbocycles. The molecular weight excluding hydrogens is 322 g/mol. The van der Waals surface area contributed by atoms with Crippen molar-refractivity contribution in [3.05, 3.63) is 35.3 Å². The molecule has 1 heterocycles. The number of nitrogens with zero attached hydrogens (tertiary/aromatic N) is 1. The van der Waals surface area contributed by atoms with Gasteiger partial charge in [0.05, 0.1) is 12.1 Å². The maximum Gasteiger partial charge on any atom is 0.226 e. The summed E-state index contributed by atoms with van der Waals surface area (Å²) in [6.07, 6.45) is 3.61. The molecule has 24 heavy (non-hydrogen) atoms. The van der Waals surface area contributed by atoms with Crippen LogP contribution in [0.25, 0.3) is 10.6 Å². The van der Waals surface area contributed by atoms with Crippen molar-refractivity contribution in [3.8, 4) is 10.6 Å². The second-order valence-electron chi connectivity index (χ2n) is 5.64. The van der Waals surface area contributed by atoms with E-state index in [2.05, 4.69) is 22.5 Å². The molecule has 0 saturated heterocycles. The standard InChI is InChI=1S/C18H23N3O2S/c1-3-4-5-10-19-17(23)11-16-12-24-18(21-16)14-6-8-15(9-7-14)20-13(2)22/h6-9,12H,3-5,10-11H2,1-2H3,(H,19,23)(H,20,22). The van der Waals surface area contributed by atoms with Gasteiger partial charge in [0, 0.05) is 30.1 Å². The Morgan fingerprint density at radius 2 is 1.92 bits per heavy atom. The fourth-order valence-electron chi connectivity index (χ4n) is 2.25. The van der Waals surface area contributed by atoms with Gasteiger partial charge in [-0.3, -0.25) is 9.59 Å². The lowest BCUT2D eigenvalue weighted by Gasteiger charge is -2.03. The number of rotatable bonds is 8. The van der Waals surface area contributed by atoms with Gasteiger partial charge in [-0.2, -0.15) is 0 Å². The number of amides is 2. The van der Waals surface area contributed by atoms with Crippen molar-refractivity contribution >= 4 is 28.8 Å². The third-order valence-corrected chi connectivity index (χ3v) is 4.39. The van der Waals surface area contributed by atoms with Crippen LogP contribution in [0.1, 0.15) is 38.8 Å². The van der Waals surface area contributed by atoms with Crippen LogP contribution in [-0.2, 0) is 16.0 Å². The normalized spacial score (nSPS) is 10.4. The molecular formula is C18H23N3O2S. The van der Waals surface area contributed by atoms with Crippen molar-refractivity contribution in [2.45, 2.75) is 39.5 Å². The minimum Gasteiger partial charge on any atom is -0.356 e. The van der Waals surface area contributed by atoms with Crippen LogP contribution in [0, 0.1) is 0 Å². The second kappa shape index (κ2) is 9.17. The van der Waals surface area contributed by atoms with Crippen molar-refractivity contribution in [1.82, 2.24) is 10.3 Å². The average Bonchev–Trinajstić information content (AvgIpc) is 3.00. The molecule has 1 aromatic heterocycles. The van der Waals surface area contributed by atoms with Gasteiger partial charge in [-0.15, -0.1) is 11.3 Å². The number of unbranched alkanes of at least 4 members (excludes halogenated alkanes) is 2. The number of aromatic nitrogens is 1. The van der Waals surface area contributed by atoms with Gasteiger partial charge < -0.3 is 10.6 Å². The van der Waals surface area contributed by atoms with Crippen molar-refractivity contribution < 1.29 is 9.59 Å². The van der Waals surface area contributed by atoms with E-state index >= 15 is 0 Å². The molecule has 2 amide bonds. The summed E-state index contributed by atoms with van der Waals surface area (Å²) in [6, 6.07) is 7.52. The van der Waals surface area contributed by atoms with E-state index in [1.165, 1.54) is 18.3 Å². The first-order valence-electron chi connectivity index (χ1n) is 8.17. The summed E-state index contributed by atoms with van der Waals surface area (Å²) in [6.45, 7) is 4.35. The Morgan fingerprint density at radius 1 is 1.17 bits per heavy atom. The van der Waals surface area contributed by atoms with Crippen molar-refractivity contribution in [1.29, 1.82) is 0 Å². The van der Waals surface area contributed by atoms with E-state index < -0.39 is 0 Å². The van der Waals surface area contributed by atoms with Crippen LogP contribution in [-0.4, -0.2) is 23.3 Å². The summed E-state index contributed by atoms with van der Waals surface area (Å²) in [5.41, 5.74) is 2.52. The molecule has 0 aliphatic heterocycles. The van der Waals surface area contributed by atoms with E-state index in [-0.39, 0.29) is 11.8 Å². The number of hydrogen-bond donors (Lipinski definition) is 2. The highest BCUT2D eigenvalue weighted by atomic mass is 32.1. The molecule has 0 saturated carbocycles. The van der Waals surface area contributed by atoms with Gasteiger partial charge in [0.2, 0.25) is 11.8 Å². The predicted molar refractivity (Wildman–Crippen MR) is 98.1 cm³/mol. The lowest BCUT2D eigenvalue weighted by molar-refractivity contribution is -0.120. The number of carbonyl (C=O) groups excluding carboxylic acids is 2. The molecule has 0 aliphatic carbocycles. The van der Waals surface area contributed by atoms with Gasteiger partial charge in [-0.1, -0.05) is 19.8 Å². The van der Waals surface area contributed by atoms with Gasteiger partial charge >= 0.3 is 0 Å². The van der Waals surface area contributed by atoms with Crippen molar-refractivity contribution in [2.24, 2.45) is 0 Å². The molecule has 5 nitrogen and oxygen atoms in total. The molecule has 0 aliphatic rings. The van der Waals surface area contributed by atoms with Crippen molar-refractivity contribution in [3.63, 3.8) is 0 Å². The van der Waals surface area contributed by atoms with Gasteiger partial charge in [0.25, 0.3) is 0 Å². The molecule has 128 valence electrons. The zero-order chi connectivity index (χ0) is 17.4. The first-order valence-corrected chi connectivity index (χ1v) is 9.05. The van der Waals surface area contributed by atoms with Crippen LogP contribution in [0.2, 0.25) is 0 Å². The van der Waals surface area contributed by atoms with Gasteiger partial charge in [-0.05, 0) is 30.7 Å². The quantitative estimate of drug-likeness (QED) is 0.718. The molecule has 0 bridgehead atoms. The monoisotopic (exact) mass is 345 g/mol. The van der Waals surface area contributed by atoms with E-state index in [1.807, 2.05) is 29.6 Å². The smallest absolute Gasteiger partial charge is 0.226 e. The first-order chi connectivity index (χ1) is 11.6. The number of anilines is 1. The Morgan fingerprint density at radius 3 is 2.58 bits per heavy atom. The Hall–Kier alpha value is -2.21. The number of thiazole rings is 1. The SMILES string of the molecule is CCCCCNC(=O)Cc1csc(-c2ccc(NC(C)=O)cc2)n1. The molecule has 2 rings (SSSR count). The predicted octanol–water partition coefficient (Wildman–Crippen LogP) is 3.62. The number of nitrogens with one attached hydrogen (secondary N) is 2. The summed E-state index contributed by atoms with van der Waals surface area (Å²) in [7, 11) is 0. The zero-order valence-electron chi connectivity index (χ0n) is 14.1. The highest BCUT2D eigenvalue weighted by Gasteiger charge is 2.09. The largest absolute Gasteiger partial charge is 0.356 e. The number of carbonyl (C=O) groups is 2. The number of hydrogen-bond acceptors (Lipinski definition) is 4.